The molecule has 2 fully saturated rings. The molecular formula is C19H19N3O3S. The van der Waals surface area contributed by atoms with Gasteiger partial charge in [0.05, 0.1) is 5.56 Å². The molecule has 134 valence electrons. The van der Waals surface area contributed by atoms with Crippen LogP contribution >= 0.6 is 11.3 Å². The highest BCUT2D eigenvalue weighted by Crippen LogP contribution is 2.27. The maximum Gasteiger partial charge on any atom is 0.256 e. The second-order valence-corrected chi connectivity index (χ2v) is 7.48. The van der Waals surface area contributed by atoms with Crippen molar-refractivity contribution in [2.24, 2.45) is 0 Å². The van der Waals surface area contributed by atoms with Gasteiger partial charge in [-0.2, -0.15) is 0 Å². The average Bonchev–Trinajstić information content (AvgIpc) is 3.15. The van der Waals surface area contributed by atoms with E-state index in [-0.39, 0.29) is 23.8 Å². The third kappa shape index (κ3) is 3.48. The summed E-state index contributed by atoms with van der Waals surface area (Å²) in [6.45, 7) is 0.681. The number of benzene rings is 1. The van der Waals surface area contributed by atoms with Crippen molar-refractivity contribution in [2.45, 2.75) is 31.7 Å². The normalized spacial score (nSPS) is 16.6. The Morgan fingerprint density at radius 2 is 2.00 bits per heavy atom. The predicted molar refractivity (Wildman–Crippen MR) is 101 cm³/mol. The molecule has 4 rings (SSSR count). The summed E-state index contributed by atoms with van der Waals surface area (Å²) in [7, 11) is 0. The number of carbonyl (C=O) groups excluding carboxylic acids is 3. The molecule has 0 bridgehead atoms. The van der Waals surface area contributed by atoms with Crippen LogP contribution in [0.25, 0.3) is 0 Å². The standard InChI is InChI=1S/C19H19N3O3S/c23-16-5-2-9-22(16)14-4-1-3-12(11-14)17(24)21-19-15(8-10-26-19)18(25)20-13-6-7-13/h1,3-4,8,10-11,13H,2,5-7,9H2,(H,20,25)(H,21,24). The Hall–Kier alpha value is -2.67. The second-order valence-electron chi connectivity index (χ2n) is 6.56. The highest BCUT2D eigenvalue weighted by atomic mass is 32.1. The van der Waals surface area contributed by atoms with Gasteiger partial charge in [0, 0.05) is 30.3 Å². The molecule has 1 aromatic carbocycles. The van der Waals surface area contributed by atoms with Crippen molar-refractivity contribution in [3.8, 4) is 0 Å². The third-order valence-corrected chi connectivity index (χ3v) is 5.37. The van der Waals surface area contributed by atoms with Crippen molar-refractivity contribution in [3.63, 3.8) is 0 Å². The quantitative estimate of drug-likeness (QED) is 0.850. The van der Waals surface area contributed by atoms with Gasteiger partial charge >= 0.3 is 0 Å². The first-order valence-electron chi connectivity index (χ1n) is 8.72. The molecule has 1 aromatic heterocycles. The van der Waals surface area contributed by atoms with E-state index in [1.165, 1.54) is 11.3 Å². The number of hydrogen-bond acceptors (Lipinski definition) is 4. The van der Waals surface area contributed by atoms with Gasteiger partial charge in [-0.05, 0) is 48.9 Å². The van der Waals surface area contributed by atoms with E-state index in [2.05, 4.69) is 10.6 Å². The first-order chi connectivity index (χ1) is 12.6. The Morgan fingerprint density at radius 1 is 1.15 bits per heavy atom. The van der Waals surface area contributed by atoms with Crippen LogP contribution in [0, 0.1) is 0 Å². The van der Waals surface area contributed by atoms with Crippen LogP contribution in [0.1, 0.15) is 46.4 Å². The molecule has 1 aliphatic heterocycles. The lowest BCUT2D eigenvalue weighted by Gasteiger charge is -2.16. The van der Waals surface area contributed by atoms with Crippen LogP contribution in [0.15, 0.2) is 35.7 Å². The summed E-state index contributed by atoms with van der Waals surface area (Å²) in [5.74, 6) is -0.360. The predicted octanol–water partition coefficient (Wildman–Crippen LogP) is 3.02. The molecule has 3 amide bonds. The van der Waals surface area contributed by atoms with Gasteiger partial charge in [-0.1, -0.05) is 6.07 Å². The van der Waals surface area contributed by atoms with Crippen molar-refractivity contribution in [2.75, 3.05) is 16.8 Å². The molecule has 0 radical (unpaired) electrons. The second kappa shape index (κ2) is 6.92. The monoisotopic (exact) mass is 369 g/mol. The fourth-order valence-electron chi connectivity index (χ4n) is 2.99. The van der Waals surface area contributed by atoms with Crippen LogP contribution in [0.4, 0.5) is 10.7 Å². The molecule has 2 heterocycles. The average molecular weight is 369 g/mol. The summed E-state index contributed by atoms with van der Waals surface area (Å²) in [6.07, 6.45) is 3.41. The van der Waals surface area contributed by atoms with Crippen LogP contribution in [0.5, 0.6) is 0 Å². The summed E-state index contributed by atoms with van der Waals surface area (Å²) >= 11 is 1.32. The zero-order valence-electron chi connectivity index (χ0n) is 14.2. The minimum absolute atomic E-state index is 0.0832. The Kier molecular flexibility index (Phi) is 4.46. The molecule has 2 aromatic rings. The SMILES string of the molecule is O=C(Nc1sccc1C(=O)NC1CC1)c1cccc(N2CCCC2=O)c1. The summed E-state index contributed by atoms with van der Waals surface area (Å²) in [4.78, 5) is 38.5. The number of anilines is 2. The largest absolute Gasteiger partial charge is 0.349 e. The van der Waals surface area contributed by atoms with Gasteiger partial charge in [0.25, 0.3) is 11.8 Å². The van der Waals surface area contributed by atoms with Gasteiger partial charge in [-0.3, -0.25) is 14.4 Å². The molecular weight excluding hydrogens is 350 g/mol. The molecule has 1 saturated carbocycles. The molecule has 2 N–H and O–H groups in total. The summed E-state index contributed by atoms with van der Waals surface area (Å²) < 4.78 is 0. The number of nitrogens with one attached hydrogen (secondary N) is 2. The van der Waals surface area contributed by atoms with E-state index >= 15 is 0 Å². The Bertz CT molecular complexity index is 872. The van der Waals surface area contributed by atoms with Crippen molar-refractivity contribution in [1.82, 2.24) is 5.32 Å². The smallest absolute Gasteiger partial charge is 0.256 e. The van der Waals surface area contributed by atoms with Crippen LogP contribution in [0.3, 0.4) is 0 Å². The highest BCUT2D eigenvalue weighted by Gasteiger charge is 2.26. The van der Waals surface area contributed by atoms with Crippen molar-refractivity contribution in [1.29, 1.82) is 0 Å². The molecule has 1 saturated heterocycles. The zero-order chi connectivity index (χ0) is 18.1. The lowest BCUT2D eigenvalue weighted by molar-refractivity contribution is -0.117. The highest BCUT2D eigenvalue weighted by molar-refractivity contribution is 7.14. The van der Waals surface area contributed by atoms with Gasteiger partial charge < -0.3 is 15.5 Å². The molecule has 1 aliphatic carbocycles. The Balaban J connectivity index is 1.49. The van der Waals surface area contributed by atoms with Gasteiger partial charge in [0.1, 0.15) is 5.00 Å². The van der Waals surface area contributed by atoms with Crippen molar-refractivity contribution in [3.05, 3.63) is 46.8 Å². The Labute approximate surface area is 155 Å². The summed E-state index contributed by atoms with van der Waals surface area (Å²) in [6, 6.07) is 9.01. The molecule has 0 unspecified atom stereocenters. The van der Waals surface area contributed by atoms with Crippen LogP contribution in [0.2, 0.25) is 0 Å². The molecule has 0 spiro atoms. The van der Waals surface area contributed by atoms with E-state index in [0.29, 0.717) is 29.1 Å². The molecule has 26 heavy (non-hydrogen) atoms. The first kappa shape index (κ1) is 16.8. The minimum Gasteiger partial charge on any atom is -0.349 e. The molecule has 6 nitrogen and oxygen atoms in total. The van der Waals surface area contributed by atoms with Crippen molar-refractivity contribution < 1.29 is 14.4 Å². The molecule has 0 atom stereocenters. The first-order valence-corrected chi connectivity index (χ1v) is 9.60. The number of rotatable bonds is 5. The lowest BCUT2D eigenvalue weighted by atomic mass is 10.1. The van der Waals surface area contributed by atoms with Crippen LogP contribution in [-0.2, 0) is 4.79 Å². The van der Waals surface area contributed by atoms with Gasteiger partial charge in [-0.25, -0.2) is 0 Å². The zero-order valence-corrected chi connectivity index (χ0v) is 15.0. The van der Waals surface area contributed by atoms with E-state index in [1.807, 2.05) is 6.07 Å². The number of hydrogen-bond donors (Lipinski definition) is 2. The van der Waals surface area contributed by atoms with E-state index in [1.54, 1.807) is 34.5 Å². The topological polar surface area (TPSA) is 78.5 Å². The molecule has 7 heteroatoms. The maximum atomic E-state index is 12.6. The molecule has 2 aliphatic rings. The number of nitrogens with zero attached hydrogens (tertiary/aromatic N) is 1. The van der Waals surface area contributed by atoms with Gasteiger partial charge in [-0.15, -0.1) is 11.3 Å². The Morgan fingerprint density at radius 3 is 2.73 bits per heavy atom. The van der Waals surface area contributed by atoms with Crippen LogP contribution < -0.4 is 15.5 Å². The van der Waals surface area contributed by atoms with E-state index in [0.717, 1.165) is 24.9 Å². The lowest BCUT2D eigenvalue weighted by Crippen LogP contribution is -2.26. The van der Waals surface area contributed by atoms with Gasteiger partial charge in [0.15, 0.2) is 0 Å². The fourth-order valence-corrected chi connectivity index (χ4v) is 3.77. The fraction of sp³-hybridized carbons (Fsp3) is 0.316. The van der Waals surface area contributed by atoms with Crippen LogP contribution in [-0.4, -0.2) is 30.3 Å². The number of thiophene rings is 1. The number of carbonyl (C=O) groups is 3. The summed E-state index contributed by atoms with van der Waals surface area (Å²) in [5.41, 5.74) is 1.68. The van der Waals surface area contributed by atoms with E-state index in [4.69, 9.17) is 0 Å². The van der Waals surface area contributed by atoms with E-state index < -0.39 is 0 Å². The van der Waals surface area contributed by atoms with Crippen molar-refractivity contribution >= 4 is 39.7 Å². The summed E-state index contributed by atoms with van der Waals surface area (Å²) in [5, 5.41) is 8.08. The number of amides is 3. The minimum atomic E-state index is -0.290. The maximum absolute atomic E-state index is 12.6. The third-order valence-electron chi connectivity index (χ3n) is 4.54. The van der Waals surface area contributed by atoms with Gasteiger partial charge in [0.2, 0.25) is 5.91 Å². The van der Waals surface area contributed by atoms with E-state index in [9.17, 15) is 14.4 Å².